The molecule has 0 bridgehead atoms. The lowest BCUT2D eigenvalue weighted by molar-refractivity contribution is 0.233. The van der Waals surface area contributed by atoms with Gasteiger partial charge in [0.25, 0.3) is 0 Å². The Morgan fingerprint density at radius 3 is 2.00 bits per heavy atom. The van der Waals surface area contributed by atoms with Gasteiger partial charge in [-0.05, 0) is 12.1 Å². The summed E-state index contributed by atoms with van der Waals surface area (Å²) in [6.45, 7) is 0. The number of halogens is 2. The maximum atomic E-state index is 11.8. The van der Waals surface area contributed by atoms with Gasteiger partial charge in [-0.3, -0.25) is 0 Å². The van der Waals surface area contributed by atoms with Crippen LogP contribution in [0.5, 0.6) is 0 Å². The fourth-order valence-corrected chi connectivity index (χ4v) is 1.24. The molecule has 0 amide bonds. The van der Waals surface area contributed by atoms with E-state index in [1.54, 1.807) is 0 Å². The van der Waals surface area contributed by atoms with Gasteiger partial charge in [0.05, 0.1) is 0 Å². The van der Waals surface area contributed by atoms with Crippen LogP contribution in [0.4, 0.5) is 8.78 Å². The van der Waals surface area contributed by atoms with Crippen LogP contribution in [0.1, 0.15) is 0 Å². The molecule has 0 unspecified atom stereocenters. The van der Waals surface area contributed by atoms with Crippen molar-refractivity contribution in [1.29, 1.82) is 0 Å². The average molecular weight is 181 g/mol. The van der Waals surface area contributed by atoms with Crippen molar-refractivity contribution < 1.29 is 17.2 Å². The number of alkyl halides is 2. The van der Waals surface area contributed by atoms with E-state index in [2.05, 4.69) is 0 Å². The van der Waals surface area contributed by atoms with E-state index in [-0.39, 0.29) is 0 Å². The van der Waals surface area contributed by atoms with Crippen LogP contribution in [0.2, 0.25) is 0 Å². The third kappa shape index (κ3) is 1.40. The van der Waals surface area contributed by atoms with Gasteiger partial charge < -0.3 is 0 Å². The third-order valence-corrected chi connectivity index (χ3v) is 2.38. The van der Waals surface area contributed by atoms with Crippen molar-refractivity contribution in [2.45, 2.75) is 5.76 Å². The minimum Gasteiger partial charge on any atom is -0.248 e. The van der Waals surface area contributed by atoms with Crippen molar-refractivity contribution in [3.8, 4) is 0 Å². The minimum atomic E-state index is -4.45. The van der Waals surface area contributed by atoms with Gasteiger partial charge >= 0.3 is 15.8 Å². The number of nitrogens with zero attached hydrogens (tertiary/aromatic N) is 1. The number of hydrogen-bond donors (Lipinski definition) is 0. The average Bonchev–Trinajstić information content (AvgIpc) is 2.37. The van der Waals surface area contributed by atoms with Crippen molar-refractivity contribution >= 4 is 10.0 Å². The molecule has 0 saturated heterocycles. The van der Waals surface area contributed by atoms with Crippen molar-refractivity contribution in [2.24, 2.45) is 0 Å². The SMILES string of the molecule is O=S(=O)(C(F)F)n1cccc1. The molecular weight excluding hydrogens is 176 g/mol. The lowest BCUT2D eigenvalue weighted by Crippen LogP contribution is -2.18. The summed E-state index contributed by atoms with van der Waals surface area (Å²) < 4.78 is 45.2. The summed E-state index contributed by atoms with van der Waals surface area (Å²) in [5.74, 6) is -3.37. The summed E-state index contributed by atoms with van der Waals surface area (Å²) in [5, 5.41) is 0. The first-order chi connectivity index (χ1) is 5.05. The number of rotatable bonds is 2. The highest BCUT2D eigenvalue weighted by molar-refractivity contribution is 7.90. The molecule has 0 N–H and O–H groups in total. The number of aromatic nitrogens is 1. The van der Waals surface area contributed by atoms with Crippen molar-refractivity contribution in [3.05, 3.63) is 24.5 Å². The molecule has 0 saturated carbocycles. The predicted molar refractivity (Wildman–Crippen MR) is 34.8 cm³/mol. The topological polar surface area (TPSA) is 39.1 Å². The molecule has 11 heavy (non-hydrogen) atoms. The van der Waals surface area contributed by atoms with Gasteiger partial charge in [0.15, 0.2) is 0 Å². The summed E-state index contributed by atoms with van der Waals surface area (Å²) in [6.07, 6.45) is 2.11. The monoisotopic (exact) mass is 181 g/mol. The fourth-order valence-electron chi connectivity index (χ4n) is 0.580. The fraction of sp³-hybridized carbons (Fsp3) is 0.200. The summed E-state index contributed by atoms with van der Waals surface area (Å²) in [4.78, 5) is 0. The van der Waals surface area contributed by atoms with E-state index in [1.807, 2.05) is 0 Å². The Labute approximate surface area is 62.3 Å². The Hall–Kier alpha value is -0.910. The van der Waals surface area contributed by atoms with E-state index in [0.717, 1.165) is 12.4 Å². The molecule has 0 radical (unpaired) electrons. The van der Waals surface area contributed by atoms with E-state index in [1.165, 1.54) is 12.1 Å². The van der Waals surface area contributed by atoms with Crippen molar-refractivity contribution in [3.63, 3.8) is 0 Å². The molecular formula is C5H5F2NO2S. The first-order valence-electron chi connectivity index (χ1n) is 2.70. The quantitative estimate of drug-likeness (QED) is 0.679. The van der Waals surface area contributed by atoms with Crippen LogP contribution in [0, 0.1) is 0 Å². The Kier molecular flexibility index (Phi) is 1.95. The molecule has 0 atom stereocenters. The van der Waals surface area contributed by atoms with Gasteiger partial charge in [-0.2, -0.15) is 17.2 Å². The minimum absolute atomic E-state index is 0.484. The molecule has 62 valence electrons. The highest BCUT2D eigenvalue weighted by atomic mass is 32.2. The maximum Gasteiger partial charge on any atom is 0.355 e. The molecule has 0 aromatic carbocycles. The van der Waals surface area contributed by atoms with Crippen LogP contribution in [-0.2, 0) is 10.0 Å². The normalized spacial score (nSPS) is 12.3. The molecule has 3 nitrogen and oxygen atoms in total. The smallest absolute Gasteiger partial charge is 0.248 e. The Morgan fingerprint density at radius 1 is 1.18 bits per heavy atom. The third-order valence-electron chi connectivity index (χ3n) is 1.10. The maximum absolute atomic E-state index is 11.8. The lowest BCUT2D eigenvalue weighted by atomic mass is 10.7. The molecule has 1 heterocycles. The molecule has 1 aromatic heterocycles. The first-order valence-corrected chi connectivity index (χ1v) is 4.21. The van der Waals surface area contributed by atoms with E-state index in [4.69, 9.17) is 0 Å². The van der Waals surface area contributed by atoms with E-state index in [0.29, 0.717) is 3.97 Å². The second-order valence-electron chi connectivity index (χ2n) is 1.82. The van der Waals surface area contributed by atoms with Gasteiger partial charge in [0, 0.05) is 12.4 Å². The molecule has 0 spiro atoms. The molecule has 1 aromatic rings. The van der Waals surface area contributed by atoms with E-state index >= 15 is 0 Å². The number of hydrogen-bond acceptors (Lipinski definition) is 2. The van der Waals surface area contributed by atoms with Crippen LogP contribution >= 0.6 is 0 Å². The second kappa shape index (κ2) is 2.61. The van der Waals surface area contributed by atoms with Gasteiger partial charge in [-0.25, -0.2) is 3.97 Å². The summed E-state index contributed by atoms with van der Waals surface area (Å²) in [7, 11) is -4.45. The van der Waals surface area contributed by atoms with Gasteiger partial charge in [0.2, 0.25) is 0 Å². The largest absolute Gasteiger partial charge is 0.355 e. The second-order valence-corrected chi connectivity index (χ2v) is 3.63. The standard InChI is InChI=1S/C5H5F2NO2S/c6-5(7)11(9,10)8-3-1-2-4-8/h1-5H. The van der Waals surface area contributed by atoms with Crippen molar-refractivity contribution in [1.82, 2.24) is 3.97 Å². The molecule has 6 heteroatoms. The lowest BCUT2D eigenvalue weighted by Gasteiger charge is -2.01. The summed E-state index contributed by atoms with van der Waals surface area (Å²) >= 11 is 0. The molecule has 0 aliphatic rings. The highest BCUT2D eigenvalue weighted by Crippen LogP contribution is 2.08. The van der Waals surface area contributed by atoms with Crippen LogP contribution in [0.25, 0.3) is 0 Å². The molecule has 1 rings (SSSR count). The van der Waals surface area contributed by atoms with Crippen LogP contribution in [0.3, 0.4) is 0 Å². The highest BCUT2D eigenvalue weighted by Gasteiger charge is 2.24. The zero-order valence-electron chi connectivity index (χ0n) is 5.31. The van der Waals surface area contributed by atoms with Gasteiger partial charge in [0.1, 0.15) is 0 Å². The van der Waals surface area contributed by atoms with Gasteiger partial charge in [-0.15, -0.1) is 0 Å². The van der Waals surface area contributed by atoms with Gasteiger partial charge in [-0.1, -0.05) is 0 Å². The molecule has 0 aliphatic heterocycles. The predicted octanol–water partition coefficient (Wildman–Crippen LogP) is 0.889. The van der Waals surface area contributed by atoms with Crippen molar-refractivity contribution in [2.75, 3.05) is 0 Å². The zero-order chi connectivity index (χ0) is 8.48. The van der Waals surface area contributed by atoms with Crippen LogP contribution in [-0.4, -0.2) is 18.1 Å². The Bertz CT molecular complexity index is 316. The summed E-state index contributed by atoms with van der Waals surface area (Å²) in [6, 6.07) is 2.72. The Morgan fingerprint density at radius 2 is 1.64 bits per heavy atom. The summed E-state index contributed by atoms with van der Waals surface area (Å²) in [5.41, 5.74) is 0. The van der Waals surface area contributed by atoms with Crippen LogP contribution < -0.4 is 0 Å². The van der Waals surface area contributed by atoms with E-state index < -0.39 is 15.8 Å². The van der Waals surface area contributed by atoms with E-state index in [9.17, 15) is 17.2 Å². The first kappa shape index (κ1) is 8.19. The van der Waals surface area contributed by atoms with Crippen LogP contribution in [0.15, 0.2) is 24.5 Å². The Balaban J connectivity index is 3.12. The molecule has 0 aliphatic carbocycles. The zero-order valence-corrected chi connectivity index (χ0v) is 6.13. The molecule has 0 fully saturated rings.